The highest BCUT2D eigenvalue weighted by molar-refractivity contribution is 6.01. The number of nitrogens with zero attached hydrogens (tertiary/aromatic N) is 1. The number of fused-ring (bicyclic) bond motifs is 3. The third-order valence-electron chi connectivity index (χ3n) is 4.90. The number of esters is 1. The Morgan fingerprint density at radius 3 is 2.64 bits per heavy atom. The molecule has 1 aliphatic heterocycles. The zero-order valence-corrected chi connectivity index (χ0v) is 13.6. The first-order valence-electron chi connectivity index (χ1n) is 7.67. The number of benzene rings is 2. The van der Waals surface area contributed by atoms with Gasteiger partial charge in [-0.25, -0.2) is 0 Å². The van der Waals surface area contributed by atoms with Crippen LogP contribution < -0.4 is 0 Å². The minimum Gasteiger partial charge on any atom is -0.469 e. The summed E-state index contributed by atoms with van der Waals surface area (Å²) in [5, 5.41) is 2.56. The van der Waals surface area contributed by atoms with Crippen molar-refractivity contribution in [3.05, 3.63) is 42.0 Å². The van der Waals surface area contributed by atoms with E-state index in [-0.39, 0.29) is 11.4 Å². The second kappa shape index (κ2) is 5.24. The number of hydrogen-bond donors (Lipinski definition) is 0. The fourth-order valence-electron chi connectivity index (χ4n) is 3.43. The van der Waals surface area contributed by atoms with Gasteiger partial charge in [-0.3, -0.25) is 4.79 Å². The van der Waals surface area contributed by atoms with Crippen LogP contribution in [0.5, 0.6) is 0 Å². The Labute approximate surface area is 131 Å². The lowest BCUT2D eigenvalue weighted by Gasteiger charge is -2.17. The molecule has 0 radical (unpaired) electrons. The minimum atomic E-state index is -0.167. The molecule has 0 spiro atoms. The van der Waals surface area contributed by atoms with Crippen LogP contribution in [0.3, 0.4) is 0 Å². The van der Waals surface area contributed by atoms with Gasteiger partial charge in [0.2, 0.25) is 5.69 Å². The summed E-state index contributed by atoms with van der Waals surface area (Å²) in [6.45, 7) is 7.33. The highest BCUT2D eigenvalue weighted by Crippen LogP contribution is 2.43. The van der Waals surface area contributed by atoms with Crippen LogP contribution in [-0.4, -0.2) is 29.9 Å². The van der Waals surface area contributed by atoms with Crippen LogP contribution in [0.15, 0.2) is 36.4 Å². The quantitative estimate of drug-likeness (QED) is 0.637. The number of carbonyl (C=O) groups excluding carboxylic acids is 1. The smallest absolute Gasteiger partial charge is 0.311 e. The molecular formula is C19H22NO2+. The second-order valence-corrected chi connectivity index (χ2v) is 6.37. The first-order chi connectivity index (χ1) is 10.5. The van der Waals surface area contributed by atoms with E-state index < -0.39 is 0 Å². The predicted octanol–water partition coefficient (Wildman–Crippen LogP) is 3.80. The molecule has 0 amide bonds. The van der Waals surface area contributed by atoms with Gasteiger partial charge in [-0.2, -0.15) is 4.58 Å². The summed E-state index contributed by atoms with van der Waals surface area (Å²) in [4.78, 5) is 11.5. The summed E-state index contributed by atoms with van der Waals surface area (Å²) in [6, 6.07) is 12.8. The van der Waals surface area contributed by atoms with E-state index in [0.717, 1.165) is 0 Å². The van der Waals surface area contributed by atoms with Gasteiger partial charge in [-0.1, -0.05) is 24.3 Å². The third-order valence-corrected chi connectivity index (χ3v) is 4.90. The SMILES string of the molecule is COC(=O)CC[N+]1=C(C)C(C)(C)c2c1ccc1ccccc21. The number of carbonyl (C=O) groups is 1. The number of methoxy groups -OCH3 is 1. The van der Waals surface area contributed by atoms with Gasteiger partial charge < -0.3 is 4.74 Å². The van der Waals surface area contributed by atoms with Crippen molar-refractivity contribution in [2.24, 2.45) is 0 Å². The van der Waals surface area contributed by atoms with Gasteiger partial charge in [-0.05, 0) is 30.7 Å². The molecule has 0 atom stereocenters. The van der Waals surface area contributed by atoms with Crippen molar-refractivity contribution in [1.82, 2.24) is 0 Å². The van der Waals surface area contributed by atoms with Crippen molar-refractivity contribution in [3.63, 3.8) is 0 Å². The highest BCUT2D eigenvalue weighted by Gasteiger charge is 2.44. The maximum Gasteiger partial charge on any atom is 0.311 e. The molecule has 22 heavy (non-hydrogen) atoms. The molecule has 3 nitrogen and oxygen atoms in total. The van der Waals surface area contributed by atoms with Crippen molar-refractivity contribution in [1.29, 1.82) is 0 Å². The van der Waals surface area contributed by atoms with Crippen LogP contribution in [0, 0.1) is 0 Å². The van der Waals surface area contributed by atoms with E-state index in [4.69, 9.17) is 4.74 Å². The normalized spacial score (nSPS) is 16.0. The first kappa shape index (κ1) is 14.8. The molecule has 0 saturated heterocycles. The summed E-state index contributed by atoms with van der Waals surface area (Å²) in [5.41, 5.74) is 3.81. The number of hydrogen-bond acceptors (Lipinski definition) is 2. The summed E-state index contributed by atoms with van der Waals surface area (Å²) in [7, 11) is 1.44. The summed E-state index contributed by atoms with van der Waals surface area (Å²) >= 11 is 0. The topological polar surface area (TPSA) is 29.3 Å². The third kappa shape index (κ3) is 2.12. The standard InChI is InChI=1S/C19H22NO2/c1-13-19(2,3)18-15-8-6-5-7-14(15)9-10-16(18)20(13)12-11-17(21)22-4/h5-10H,11-12H2,1-4H3/q+1. The van der Waals surface area contributed by atoms with Gasteiger partial charge >= 0.3 is 5.97 Å². The van der Waals surface area contributed by atoms with Gasteiger partial charge in [0.15, 0.2) is 12.3 Å². The molecule has 0 N–H and O–H groups in total. The molecule has 114 valence electrons. The van der Waals surface area contributed by atoms with Crippen LogP contribution in [-0.2, 0) is 14.9 Å². The van der Waals surface area contributed by atoms with Gasteiger partial charge in [0, 0.05) is 18.6 Å². The molecule has 1 heterocycles. The lowest BCUT2D eigenvalue weighted by molar-refractivity contribution is -0.438. The minimum absolute atomic E-state index is 0.0354. The molecule has 0 aliphatic carbocycles. The molecule has 0 aromatic heterocycles. The Morgan fingerprint density at radius 1 is 1.18 bits per heavy atom. The summed E-state index contributed by atoms with van der Waals surface area (Å²) in [6.07, 6.45) is 0.399. The van der Waals surface area contributed by atoms with Crippen LogP contribution in [0.25, 0.3) is 10.8 Å². The molecule has 3 heteroatoms. The molecule has 1 aliphatic rings. The van der Waals surface area contributed by atoms with Crippen LogP contribution in [0.1, 0.15) is 32.8 Å². The average molecular weight is 296 g/mol. The van der Waals surface area contributed by atoms with E-state index in [1.807, 2.05) is 0 Å². The van der Waals surface area contributed by atoms with Crippen molar-refractivity contribution in [2.75, 3.05) is 13.7 Å². The maximum atomic E-state index is 11.5. The lowest BCUT2D eigenvalue weighted by atomic mass is 9.80. The van der Waals surface area contributed by atoms with Crippen molar-refractivity contribution < 1.29 is 14.1 Å². The van der Waals surface area contributed by atoms with E-state index in [1.165, 1.54) is 34.8 Å². The van der Waals surface area contributed by atoms with Crippen LogP contribution >= 0.6 is 0 Å². The van der Waals surface area contributed by atoms with Crippen molar-refractivity contribution >= 4 is 28.1 Å². The van der Waals surface area contributed by atoms with Crippen LogP contribution in [0.4, 0.5) is 5.69 Å². The molecule has 0 fully saturated rings. The molecule has 0 bridgehead atoms. The summed E-state index contributed by atoms with van der Waals surface area (Å²) in [5.74, 6) is -0.167. The first-order valence-corrected chi connectivity index (χ1v) is 7.67. The van der Waals surface area contributed by atoms with E-state index >= 15 is 0 Å². The molecule has 2 aromatic rings. The lowest BCUT2D eigenvalue weighted by Crippen LogP contribution is -2.27. The van der Waals surface area contributed by atoms with Crippen molar-refractivity contribution in [3.8, 4) is 0 Å². The molecular weight excluding hydrogens is 274 g/mol. The Kier molecular flexibility index (Phi) is 3.51. The maximum absolute atomic E-state index is 11.5. The zero-order valence-electron chi connectivity index (χ0n) is 13.6. The number of rotatable bonds is 3. The van der Waals surface area contributed by atoms with E-state index in [0.29, 0.717) is 13.0 Å². The van der Waals surface area contributed by atoms with E-state index in [9.17, 15) is 4.79 Å². The highest BCUT2D eigenvalue weighted by atomic mass is 16.5. The van der Waals surface area contributed by atoms with E-state index in [2.05, 4.69) is 61.7 Å². The Bertz CT molecular complexity index is 787. The largest absolute Gasteiger partial charge is 0.469 e. The monoisotopic (exact) mass is 296 g/mol. The average Bonchev–Trinajstić information content (AvgIpc) is 2.72. The Balaban J connectivity index is 2.13. The van der Waals surface area contributed by atoms with E-state index in [1.54, 1.807) is 0 Å². The number of ether oxygens (including phenoxy) is 1. The molecule has 0 saturated carbocycles. The zero-order chi connectivity index (χ0) is 15.9. The van der Waals surface area contributed by atoms with Crippen LogP contribution in [0.2, 0.25) is 0 Å². The molecule has 2 aromatic carbocycles. The predicted molar refractivity (Wildman–Crippen MR) is 89.1 cm³/mol. The molecule has 3 rings (SSSR count). The molecule has 0 unspecified atom stereocenters. The van der Waals surface area contributed by atoms with Gasteiger partial charge in [0.05, 0.1) is 12.5 Å². The fourth-order valence-corrected chi connectivity index (χ4v) is 3.43. The van der Waals surface area contributed by atoms with Gasteiger partial charge in [0.1, 0.15) is 6.42 Å². The van der Waals surface area contributed by atoms with Crippen molar-refractivity contribution in [2.45, 2.75) is 32.6 Å². The Morgan fingerprint density at radius 2 is 1.91 bits per heavy atom. The second-order valence-electron chi connectivity index (χ2n) is 6.37. The van der Waals surface area contributed by atoms with Gasteiger partial charge in [-0.15, -0.1) is 0 Å². The van der Waals surface area contributed by atoms with Gasteiger partial charge in [0.25, 0.3) is 0 Å². The summed E-state index contributed by atoms with van der Waals surface area (Å²) < 4.78 is 7.04. The fraction of sp³-hybridized carbons (Fsp3) is 0.368. The Hall–Kier alpha value is -2.16.